The predicted octanol–water partition coefficient (Wildman–Crippen LogP) is 3.95. The van der Waals surface area contributed by atoms with Crippen molar-refractivity contribution in [1.29, 1.82) is 0 Å². The number of fused-ring (bicyclic) bond motifs is 2. The van der Waals surface area contributed by atoms with Gasteiger partial charge in [0.25, 0.3) is 0 Å². The van der Waals surface area contributed by atoms with Gasteiger partial charge in [0.1, 0.15) is 0 Å². The van der Waals surface area contributed by atoms with Gasteiger partial charge in [-0.15, -0.1) is 11.3 Å². The Balaban J connectivity index is 1.67. The van der Waals surface area contributed by atoms with Crippen molar-refractivity contribution in [2.75, 3.05) is 26.2 Å². The second-order valence-corrected chi connectivity index (χ2v) is 7.90. The van der Waals surface area contributed by atoms with Crippen LogP contribution in [0.5, 0.6) is 0 Å². The van der Waals surface area contributed by atoms with E-state index in [1.54, 1.807) is 11.3 Å². The number of rotatable bonds is 3. The Bertz CT molecular complexity index is 902. The minimum Gasteiger partial charge on any atom is -0.465 e. The zero-order valence-electron chi connectivity index (χ0n) is 15.5. The smallest absolute Gasteiger partial charge is 0.320 e. The van der Waals surface area contributed by atoms with Crippen LogP contribution < -0.4 is 0 Å². The molecule has 4 nitrogen and oxygen atoms in total. The molecule has 4 rings (SSSR count). The van der Waals surface area contributed by atoms with Crippen molar-refractivity contribution in [3.05, 3.63) is 62.9 Å². The van der Waals surface area contributed by atoms with E-state index in [0.29, 0.717) is 19.6 Å². The average Bonchev–Trinajstić information content (AvgIpc) is 3.10. The first-order valence-electron chi connectivity index (χ1n) is 9.46. The van der Waals surface area contributed by atoms with E-state index in [0.717, 1.165) is 41.9 Å². The Hall–Kier alpha value is -2.24. The fourth-order valence-electron chi connectivity index (χ4n) is 4.04. The Morgan fingerprint density at radius 3 is 2.70 bits per heavy atom. The van der Waals surface area contributed by atoms with Gasteiger partial charge in [0.2, 0.25) is 0 Å². The Morgan fingerprint density at radius 1 is 1.15 bits per heavy atom. The zero-order valence-corrected chi connectivity index (χ0v) is 16.3. The predicted molar refractivity (Wildman–Crippen MR) is 107 cm³/mol. The number of thiophene rings is 1. The molecule has 1 aromatic carbocycles. The second kappa shape index (κ2) is 7.79. The number of likely N-dealkylation sites (tertiary alicyclic amines) is 1. The van der Waals surface area contributed by atoms with Crippen molar-refractivity contribution in [2.24, 2.45) is 0 Å². The van der Waals surface area contributed by atoms with Crippen LogP contribution in [-0.4, -0.2) is 42.9 Å². The molecule has 2 aromatic rings. The minimum absolute atomic E-state index is 0.154. The standard InChI is InChI=1S/C22H23NO3S/c1-2-26-20(25)14-23-10-7-15(8-11-23)21-17-6-4-3-5-16(17)13-19(24)22-18(21)9-12-27-22/h3-6,9,12H,2,7-8,10-11,13-14H2,1H3. The average molecular weight is 381 g/mol. The van der Waals surface area contributed by atoms with Crippen LogP contribution in [0.3, 0.4) is 0 Å². The fourth-order valence-corrected chi connectivity index (χ4v) is 4.88. The molecule has 0 amide bonds. The van der Waals surface area contributed by atoms with Crippen LogP contribution >= 0.6 is 11.3 Å². The van der Waals surface area contributed by atoms with Crippen molar-refractivity contribution in [1.82, 2.24) is 4.90 Å². The Kier molecular flexibility index (Phi) is 5.23. The summed E-state index contributed by atoms with van der Waals surface area (Å²) < 4.78 is 5.07. The first kappa shape index (κ1) is 18.1. The lowest BCUT2D eigenvalue weighted by atomic mass is 9.87. The topological polar surface area (TPSA) is 46.6 Å². The Labute approximate surface area is 163 Å². The van der Waals surface area contributed by atoms with Crippen molar-refractivity contribution in [3.8, 4) is 0 Å². The molecule has 0 unspecified atom stereocenters. The summed E-state index contributed by atoms with van der Waals surface area (Å²) in [6, 6.07) is 10.4. The van der Waals surface area contributed by atoms with Crippen molar-refractivity contribution in [3.63, 3.8) is 0 Å². The molecule has 0 saturated carbocycles. The molecule has 1 saturated heterocycles. The summed E-state index contributed by atoms with van der Waals surface area (Å²) in [6.45, 7) is 4.29. The quantitative estimate of drug-likeness (QED) is 0.756. The SMILES string of the molecule is CCOC(=O)CN1CCC(=C2c3ccccc3CC(=O)c3sccc32)CC1. The molecule has 2 heterocycles. The first-order chi connectivity index (χ1) is 13.2. The van der Waals surface area contributed by atoms with Gasteiger partial charge >= 0.3 is 5.97 Å². The molecule has 1 aliphatic heterocycles. The highest BCUT2D eigenvalue weighted by Gasteiger charge is 2.28. The number of ketones is 1. The van der Waals surface area contributed by atoms with Crippen molar-refractivity contribution in [2.45, 2.75) is 26.2 Å². The molecule has 0 N–H and O–H groups in total. The summed E-state index contributed by atoms with van der Waals surface area (Å²) in [6.07, 6.45) is 2.29. The van der Waals surface area contributed by atoms with Gasteiger partial charge in [-0.1, -0.05) is 29.8 Å². The van der Waals surface area contributed by atoms with Gasteiger partial charge in [-0.25, -0.2) is 0 Å². The number of carbonyl (C=O) groups is 2. The van der Waals surface area contributed by atoms with E-state index in [9.17, 15) is 9.59 Å². The maximum Gasteiger partial charge on any atom is 0.320 e. The van der Waals surface area contributed by atoms with Gasteiger partial charge < -0.3 is 4.74 Å². The van der Waals surface area contributed by atoms with E-state index < -0.39 is 0 Å². The number of ether oxygens (including phenoxy) is 1. The normalized spacial score (nSPS) is 17.3. The molecule has 5 heteroatoms. The summed E-state index contributed by atoms with van der Waals surface area (Å²) in [5.41, 5.74) is 6.02. The summed E-state index contributed by atoms with van der Waals surface area (Å²) in [7, 11) is 0. The van der Waals surface area contributed by atoms with Gasteiger partial charge in [0, 0.05) is 25.1 Å². The molecular formula is C22H23NO3S. The summed E-state index contributed by atoms with van der Waals surface area (Å²) in [5.74, 6) is 0.0573. The summed E-state index contributed by atoms with van der Waals surface area (Å²) in [5, 5.41) is 2.02. The highest BCUT2D eigenvalue weighted by Crippen LogP contribution is 2.40. The van der Waals surface area contributed by atoms with Gasteiger partial charge in [-0.05, 0) is 47.9 Å². The largest absolute Gasteiger partial charge is 0.465 e. The van der Waals surface area contributed by atoms with E-state index in [4.69, 9.17) is 4.74 Å². The lowest BCUT2D eigenvalue weighted by Crippen LogP contribution is -2.36. The van der Waals surface area contributed by atoms with Crippen LogP contribution in [-0.2, 0) is 16.0 Å². The molecular weight excluding hydrogens is 358 g/mol. The summed E-state index contributed by atoms with van der Waals surface area (Å²) in [4.78, 5) is 27.5. The Morgan fingerprint density at radius 2 is 1.93 bits per heavy atom. The van der Waals surface area contributed by atoms with Crippen molar-refractivity contribution >= 4 is 28.7 Å². The lowest BCUT2D eigenvalue weighted by molar-refractivity contribution is -0.144. The van der Waals surface area contributed by atoms with E-state index in [2.05, 4.69) is 29.2 Å². The number of esters is 1. The number of nitrogens with zero attached hydrogens (tertiary/aromatic N) is 1. The van der Waals surface area contributed by atoms with Gasteiger partial charge in [0.05, 0.1) is 18.0 Å². The van der Waals surface area contributed by atoms with Gasteiger partial charge in [0.15, 0.2) is 5.78 Å². The van der Waals surface area contributed by atoms with E-state index in [1.807, 2.05) is 18.4 Å². The number of carbonyl (C=O) groups excluding carboxylic acids is 2. The number of Topliss-reactive ketones (excluding diaryl/α,β-unsaturated/α-hetero) is 1. The molecule has 27 heavy (non-hydrogen) atoms. The third kappa shape index (κ3) is 3.62. The lowest BCUT2D eigenvalue weighted by Gasteiger charge is -2.29. The second-order valence-electron chi connectivity index (χ2n) is 6.98. The number of piperidine rings is 1. The third-order valence-corrected chi connectivity index (χ3v) is 6.25. The zero-order chi connectivity index (χ0) is 18.8. The number of benzene rings is 1. The van der Waals surface area contributed by atoms with Crippen LogP contribution in [0.4, 0.5) is 0 Å². The van der Waals surface area contributed by atoms with Crippen LogP contribution in [0.15, 0.2) is 41.3 Å². The molecule has 140 valence electrons. The van der Waals surface area contributed by atoms with Crippen LogP contribution in [0, 0.1) is 0 Å². The van der Waals surface area contributed by atoms with Crippen molar-refractivity contribution < 1.29 is 14.3 Å². The fraction of sp³-hybridized carbons (Fsp3) is 0.364. The highest BCUT2D eigenvalue weighted by atomic mass is 32.1. The van der Waals surface area contributed by atoms with E-state index >= 15 is 0 Å². The van der Waals surface area contributed by atoms with Crippen LogP contribution in [0.25, 0.3) is 5.57 Å². The summed E-state index contributed by atoms with van der Waals surface area (Å²) >= 11 is 1.54. The molecule has 1 aliphatic carbocycles. The van der Waals surface area contributed by atoms with Crippen LogP contribution in [0.1, 0.15) is 46.1 Å². The molecule has 2 aliphatic rings. The third-order valence-electron chi connectivity index (χ3n) is 5.30. The first-order valence-corrected chi connectivity index (χ1v) is 10.3. The minimum atomic E-state index is -0.154. The van der Waals surface area contributed by atoms with E-state index in [1.165, 1.54) is 16.7 Å². The molecule has 0 radical (unpaired) electrons. The molecule has 0 spiro atoms. The maximum absolute atomic E-state index is 12.7. The monoisotopic (exact) mass is 381 g/mol. The molecule has 1 aromatic heterocycles. The van der Waals surface area contributed by atoms with Gasteiger partial charge in [-0.3, -0.25) is 14.5 Å². The van der Waals surface area contributed by atoms with Crippen LogP contribution in [0.2, 0.25) is 0 Å². The highest BCUT2D eigenvalue weighted by molar-refractivity contribution is 7.12. The maximum atomic E-state index is 12.7. The van der Waals surface area contributed by atoms with E-state index in [-0.39, 0.29) is 11.8 Å². The number of hydrogen-bond donors (Lipinski definition) is 0. The molecule has 1 fully saturated rings. The van der Waals surface area contributed by atoms with Gasteiger partial charge in [-0.2, -0.15) is 0 Å². The molecule has 0 bridgehead atoms. The number of hydrogen-bond acceptors (Lipinski definition) is 5. The molecule has 0 atom stereocenters.